The average molecular weight is 398 g/mol. The van der Waals surface area contributed by atoms with E-state index in [0.717, 1.165) is 43.1 Å². The van der Waals surface area contributed by atoms with Gasteiger partial charge in [-0.05, 0) is 13.0 Å². The molecule has 2 saturated heterocycles. The summed E-state index contributed by atoms with van der Waals surface area (Å²) in [5.41, 5.74) is 1.27. The highest BCUT2D eigenvalue weighted by molar-refractivity contribution is 5.93. The van der Waals surface area contributed by atoms with Crippen molar-refractivity contribution in [1.82, 2.24) is 15.3 Å². The van der Waals surface area contributed by atoms with Gasteiger partial charge < -0.3 is 24.4 Å². The van der Waals surface area contributed by atoms with Gasteiger partial charge in [-0.15, -0.1) is 0 Å². The van der Waals surface area contributed by atoms with Crippen LogP contribution in [0.15, 0.2) is 30.3 Å². The molecule has 4 rings (SSSR count). The summed E-state index contributed by atoms with van der Waals surface area (Å²) >= 11 is 0. The topological polar surface area (TPSA) is 85.8 Å². The van der Waals surface area contributed by atoms with Crippen LogP contribution in [-0.4, -0.2) is 55.1 Å². The number of piperidine rings is 1. The van der Waals surface area contributed by atoms with Gasteiger partial charge in [0.1, 0.15) is 23.1 Å². The Bertz CT molecular complexity index is 873. The van der Waals surface area contributed by atoms with E-state index in [9.17, 15) is 4.79 Å². The van der Waals surface area contributed by atoms with Crippen LogP contribution in [0.1, 0.15) is 34.7 Å². The van der Waals surface area contributed by atoms with Crippen LogP contribution in [-0.2, 0) is 16.0 Å². The zero-order valence-corrected chi connectivity index (χ0v) is 16.8. The molecular weight excluding hydrogens is 372 g/mol. The second-order valence-electron chi connectivity index (χ2n) is 7.25. The first-order valence-electron chi connectivity index (χ1n) is 9.87. The Morgan fingerprint density at radius 1 is 1.21 bits per heavy atom. The van der Waals surface area contributed by atoms with Crippen LogP contribution in [0, 0.1) is 6.92 Å². The maximum Gasteiger partial charge on any atom is 0.270 e. The lowest BCUT2D eigenvalue weighted by Crippen LogP contribution is -2.45. The number of anilines is 1. The van der Waals surface area contributed by atoms with Gasteiger partial charge in [0.25, 0.3) is 5.91 Å². The minimum Gasteiger partial charge on any atom is -0.496 e. The summed E-state index contributed by atoms with van der Waals surface area (Å²) < 4.78 is 16.9. The number of hydrogen-bond donors (Lipinski definition) is 1. The molecule has 2 aliphatic heterocycles. The quantitative estimate of drug-likeness (QED) is 0.825. The molecule has 0 aliphatic carbocycles. The van der Waals surface area contributed by atoms with Crippen LogP contribution in [0.5, 0.6) is 5.75 Å². The number of nitrogens with zero attached hydrogens (tertiary/aromatic N) is 3. The normalized spacial score (nSPS) is 18.1. The van der Waals surface area contributed by atoms with E-state index in [0.29, 0.717) is 31.3 Å². The van der Waals surface area contributed by atoms with Crippen LogP contribution in [0.4, 0.5) is 5.82 Å². The fraction of sp³-hybridized carbons (Fsp3) is 0.476. The Balaban J connectivity index is 1.43. The molecule has 2 aromatic rings. The molecule has 1 spiro atoms. The summed E-state index contributed by atoms with van der Waals surface area (Å²) in [6.07, 6.45) is 1.57. The third-order valence-corrected chi connectivity index (χ3v) is 5.35. The lowest BCUT2D eigenvalue weighted by Gasteiger charge is -2.38. The number of para-hydroxylation sites is 1. The third kappa shape index (κ3) is 4.33. The molecule has 0 atom stereocenters. The molecule has 29 heavy (non-hydrogen) atoms. The predicted molar refractivity (Wildman–Crippen MR) is 107 cm³/mol. The van der Waals surface area contributed by atoms with Crippen molar-refractivity contribution in [3.63, 3.8) is 0 Å². The number of ether oxygens (including phenoxy) is 3. The number of aromatic nitrogens is 2. The van der Waals surface area contributed by atoms with Crippen molar-refractivity contribution in [1.29, 1.82) is 0 Å². The van der Waals surface area contributed by atoms with Crippen molar-refractivity contribution in [3.8, 4) is 5.75 Å². The van der Waals surface area contributed by atoms with Gasteiger partial charge in [0.05, 0.1) is 20.3 Å². The Labute approximate surface area is 170 Å². The lowest BCUT2D eigenvalue weighted by molar-refractivity contribution is -0.169. The number of carbonyl (C=O) groups excluding carboxylic acids is 1. The number of amides is 1. The van der Waals surface area contributed by atoms with Crippen LogP contribution in [0.3, 0.4) is 0 Å². The van der Waals surface area contributed by atoms with Gasteiger partial charge in [0.2, 0.25) is 0 Å². The molecule has 3 heterocycles. The van der Waals surface area contributed by atoms with E-state index in [1.54, 1.807) is 20.1 Å². The third-order valence-electron chi connectivity index (χ3n) is 5.35. The highest BCUT2D eigenvalue weighted by Gasteiger charge is 2.40. The maximum absolute atomic E-state index is 12.7. The second kappa shape index (κ2) is 8.34. The Morgan fingerprint density at radius 2 is 1.93 bits per heavy atom. The zero-order chi connectivity index (χ0) is 20.3. The standard InChI is InChI=1S/C21H26N4O4/c1-15-23-17(20(26)22-14-16-5-3-4-6-18(16)27-2)13-19(24-15)25-9-7-21(8-10-25)28-11-12-29-21/h3-6,13H,7-12,14H2,1-2H3,(H,22,26). The Hall–Kier alpha value is -2.71. The number of methoxy groups -OCH3 is 1. The molecule has 1 aromatic carbocycles. The van der Waals surface area contributed by atoms with Crippen molar-refractivity contribution in [2.75, 3.05) is 38.3 Å². The number of carbonyl (C=O) groups is 1. The molecule has 0 bridgehead atoms. The first kappa shape index (κ1) is 19.6. The first-order chi connectivity index (χ1) is 14.1. The molecule has 0 unspecified atom stereocenters. The van der Waals surface area contributed by atoms with Gasteiger partial charge in [0, 0.05) is 44.1 Å². The number of aryl methyl sites for hydroxylation is 1. The van der Waals surface area contributed by atoms with Crippen molar-refractivity contribution in [3.05, 3.63) is 47.4 Å². The van der Waals surface area contributed by atoms with Gasteiger partial charge in [-0.1, -0.05) is 18.2 Å². The molecule has 0 saturated carbocycles. The second-order valence-corrected chi connectivity index (χ2v) is 7.25. The van der Waals surface area contributed by atoms with Gasteiger partial charge >= 0.3 is 0 Å². The van der Waals surface area contributed by atoms with Crippen LogP contribution in [0.25, 0.3) is 0 Å². The first-order valence-corrected chi connectivity index (χ1v) is 9.87. The maximum atomic E-state index is 12.7. The van der Waals surface area contributed by atoms with E-state index in [4.69, 9.17) is 14.2 Å². The van der Waals surface area contributed by atoms with Crippen molar-refractivity contribution in [2.24, 2.45) is 0 Å². The number of benzene rings is 1. The fourth-order valence-electron chi connectivity index (χ4n) is 3.81. The summed E-state index contributed by atoms with van der Waals surface area (Å²) in [4.78, 5) is 23.7. The summed E-state index contributed by atoms with van der Waals surface area (Å²) in [5, 5.41) is 2.92. The van der Waals surface area contributed by atoms with E-state index < -0.39 is 5.79 Å². The zero-order valence-electron chi connectivity index (χ0n) is 16.8. The molecule has 1 N–H and O–H groups in total. The van der Waals surface area contributed by atoms with Crippen molar-refractivity contribution >= 4 is 11.7 Å². The molecule has 0 radical (unpaired) electrons. The molecular formula is C21H26N4O4. The molecule has 2 aliphatic rings. The summed E-state index contributed by atoms with van der Waals surface area (Å²) in [7, 11) is 1.62. The van der Waals surface area contributed by atoms with Crippen LogP contribution < -0.4 is 15.0 Å². The fourth-order valence-corrected chi connectivity index (χ4v) is 3.81. The molecule has 1 aromatic heterocycles. The van der Waals surface area contributed by atoms with Gasteiger partial charge in [-0.3, -0.25) is 4.79 Å². The summed E-state index contributed by atoms with van der Waals surface area (Å²) in [6.45, 7) is 5.00. The van der Waals surface area contributed by atoms with Gasteiger partial charge in [-0.25, -0.2) is 9.97 Å². The molecule has 2 fully saturated rings. The van der Waals surface area contributed by atoms with Crippen LogP contribution >= 0.6 is 0 Å². The van der Waals surface area contributed by atoms with E-state index in [2.05, 4.69) is 20.2 Å². The largest absolute Gasteiger partial charge is 0.496 e. The lowest BCUT2D eigenvalue weighted by atomic mass is 10.0. The van der Waals surface area contributed by atoms with E-state index >= 15 is 0 Å². The molecule has 1 amide bonds. The minimum absolute atomic E-state index is 0.237. The summed E-state index contributed by atoms with van der Waals surface area (Å²) in [5.74, 6) is 1.39. The Kier molecular flexibility index (Phi) is 5.64. The van der Waals surface area contributed by atoms with Crippen molar-refractivity contribution < 1.29 is 19.0 Å². The smallest absolute Gasteiger partial charge is 0.270 e. The van der Waals surface area contributed by atoms with Crippen molar-refractivity contribution in [2.45, 2.75) is 32.1 Å². The highest BCUT2D eigenvalue weighted by atomic mass is 16.7. The Morgan fingerprint density at radius 3 is 2.66 bits per heavy atom. The molecule has 154 valence electrons. The number of rotatable bonds is 5. The van der Waals surface area contributed by atoms with E-state index in [-0.39, 0.29) is 5.91 Å². The SMILES string of the molecule is COc1ccccc1CNC(=O)c1cc(N2CCC3(CC2)OCCO3)nc(C)n1. The average Bonchev–Trinajstić information content (AvgIpc) is 3.20. The van der Waals surface area contributed by atoms with Gasteiger partial charge in [0.15, 0.2) is 5.79 Å². The number of nitrogens with one attached hydrogen (secondary N) is 1. The highest BCUT2D eigenvalue weighted by Crippen LogP contribution is 2.32. The van der Waals surface area contributed by atoms with Crippen LogP contribution in [0.2, 0.25) is 0 Å². The van der Waals surface area contributed by atoms with E-state index in [1.165, 1.54) is 0 Å². The molecule has 8 nitrogen and oxygen atoms in total. The minimum atomic E-state index is -0.437. The van der Waals surface area contributed by atoms with E-state index in [1.807, 2.05) is 24.3 Å². The predicted octanol–water partition coefficient (Wildman–Crippen LogP) is 2.07. The molecule has 8 heteroatoms. The summed E-state index contributed by atoms with van der Waals surface area (Å²) in [6, 6.07) is 9.35. The number of hydrogen-bond acceptors (Lipinski definition) is 7. The monoisotopic (exact) mass is 398 g/mol. The van der Waals surface area contributed by atoms with Gasteiger partial charge in [-0.2, -0.15) is 0 Å².